The van der Waals surface area contributed by atoms with E-state index in [-0.39, 0.29) is 10.8 Å². The average molecular weight is 732 g/mol. The molecule has 0 amide bonds. The Morgan fingerprint density at radius 1 is 0.568 bits per heavy atom. The summed E-state index contributed by atoms with van der Waals surface area (Å²) in [5, 5.41) is 4.73. The summed E-state index contributed by atoms with van der Waals surface area (Å²) in [7, 11) is 0. The van der Waals surface area contributed by atoms with Crippen molar-refractivity contribution in [3.63, 3.8) is 0 Å². The zero-order valence-electron chi connectivity index (χ0n) is 21.8. The molecule has 6 aromatic rings. The van der Waals surface area contributed by atoms with Crippen molar-refractivity contribution in [3.8, 4) is 0 Å². The number of benzene rings is 4. The zero-order chi connectivity index (χ0) is 26.7. The lowest BCUT2D eigenvalue weighted by Gasteiger charge is -2.18. The Balaban J connectivity index is 0.000000152. The summed E-state index contributed by atoms with van der Waals surface area (Å²) in [5.41, 5.74) is 6.73. The highest BCUT2D eigenvalue weighted by atomic mass is 127. The first-order valence-corrected chi connectivity index (χ1v) is 14.9. The van der Waals surface area contributed by atoms with Gasteiger partial charge in [0.1, 0.15) is 22.3 Å². The van der Waals surface area contributed by atoms with Gasteiger partial charge in [0.05, 0.1) is 3.57 Å². The number of fused-ring (bicyclic) bond motifs is 6. The zero-order valence-corrected chi connectivity index (χ0v) is 27.1. The Kier molecular flexibility index (Phi) is 7.04. The molecule has 0 saturated heterocycles. The largest absolute Gasteiger partial charge is 0.456 e. The molecule has 0 fully saturated rings. The van der Waals surface area contributed by atoms with E-state index in [4.69, 9.17) is 8.83 Å². The van der Waals surface area contributed by atoms with Gasteiger partial charge < -0.3 is 8.83 Å². The van der Waals surface area contributed by atoms with Crippen molar-refractivity contribution in [1.82, 2.24) is 0 Å². The molecule has 0 unspecified atom stereocenters. The molecule has 0 N–H and O–H groups in total. The molecule has 0 saturated carbocycles. The molecule has 2 aromatic heterocycles. The molecule has 0 radical (unpaired) electrons. The molecule has 190 valence electrons. The molecule has 2 nitrogen and oxygen atoms in total. The van der Waals surface area contributed by atoms with Gasteiger partial charge in [-0.15, -0.1) is 0 Å². The summed E-state index contributed by atoms with van der Waals surface area (Å²) in [6.07, 6.45) is 0. The van der Waals surface area contributed by atoms with Crippen LogP contribution in [0.15, 0.2) is 84.5 Å². The fourth-order valence-electron chi connectivity index (χ4n) is 4.47. The highest BCUT2D eigenvalue weighted by Gasteiger charge is 2.18. The van der Waals surface area contributed by atoms with Gasteiger partial charge in [-0.3, -0.25) is 0 Å². The van der Waals surface area contributed by atoms with E-state index < -0.39 is 0 Å². The fourth-order valence-corrected chi connectivity index (χ4v) is 5.70. The third-order valence-electron chi connectivity index (χ3n) is 6.70. The quantitative estimate of drug-likeness (QED) is 0.145. The summed E-state index contributed by atoms with van der Waals surface area (Å²) in [4.78, 5) is 0. The van der Waals surface area contributed by atoms with E-state index in [1.54, 1.807) is 0 Å². The van der Waals surface area contributed by atoms with Crippen LogP contribution < -0.4 is 0 Å². The summed E-state index contributed by atoms with van der Waals surface area (Å²) in [6, 6.07) is 23.4. The lowest BCUT2D eigenvalue weighted by molar-refractivity contribution is 0.587. The van der Waals surface area contributed by atoms with Crippen molar-refractivity contribution >= 4 is 98.3 Å². The van der Waals surface area contributed by atoms with E-state index in [9.17, 15) is 0 Å². The molecule has 4 aromatic carbocycles. The van der Waals surface area contributed by atoms with E-state index in [0.717, 1.165) is 34.8 Å². The minimum absolute atomic E-state index is 0.140. The Bertz CT molecular complexity index is 1780. The van der Waals surface area contributed by atoms with Crippen molar-refractivity contribution < 1.29 is 8.83 Å². The van der Waals surface area contributed by atoms with Crippen LogP contribution in [0.2, 0.25) is 0 Å². The van der Waals surface area contributed by atoms with Crippen molar-refractivity contribution in [2.45, 2.75) is 52.4 Å². The Labute approximate surface area is 248 Å². The third kappa shape index (κ3) is 5.24. The molecule has 0 aliphatic carbocycles. The molecule has 0 atom stereocenters. The summed E-state index contributed by atoms with van der Waals surface area (Å²) in [5.74, 6) is 0. The van der Waals surface area contributed by atoms with E-state index in [0.29, 0.717) is 0 Å². The third-order valence-corrected chi connectivity index (χ3v) is 9.67. The number of furan rings is 2. The van der Waals surface area contributed by atoms with Gasteiger partial charge >= 0.3 is 0 Å². The number of halogens is 3. The normalized spacial score (nSPS) is 12.5. The molecular weight excluding hydrogens is 703 g/mol. The maximum atomic E-state index is 6.06. The van der Waals surface area contributed by atoms with Crippen molar-refractivity contribution in [2.75, 3.05) is 0 Å². The number of hydrogen-bond acceptors (Lipinski definition) is 2. The van der Waals surface area contributed by atoms with Crippen LogP contribution in [-0.4, -0.2) is 0 Å². The maximum absolute atomic E-state index is 6.06. The highest BCUT2D eigenvalue weighted by molar-refractivity contribution is 14.1. The van der Waals surface area contributed by atoms with Crippen LogP contribution in [0.4, 0.5) is 0 Å². The predicted molar refractivity (Wildman–Crippen MR) is 173 cm³/mol. The summed E-state index contributed by atoms with van der Waals surface area (Å²) < 4.78 is 15.3. The molecular formula is C32H29Br2IO2. The minimum atomic E-state index is 0.140. The van der Waals surface area contributed by atoms with Crippen LogP contribution in [-0.2, 0) is 10.8 Å². The molecule has 0 bridgehead atoms. The minimum Gasteiger partial charge on any atom is -0.456 e. The number of rotatable bonds is 0. The summed E-state index contributed by atoms with van der Waals surface area (Å²) in [6.45, 7) is 13.3. The standard InChI is InChI=1S/C16H14BrIO.C16H15BrO/c1-16(2,3)9-4-5-10-11-6-7-12(17)14(18)15(11)19-13(10)8-9;1-16(2,3)10-4-6-12-13-7-5-11(17)9-15(13)18-14(12)8-10/h4-8H,1-3H3;4-9H,1-3H3. The smallest absolute Gasteiger partial charge is 0.149 e. The van der Waals surface area contributed by atoms with Gasteiger partial charge in [-0.2, -0.15) is 0 Å². The fraction of sp³-hybridized carbons (Fsp3) is 0.250. The monoisotopic (exact) mass is 730 g/mol. The molecule has 5 heteroatoms. The van der Waals surface area contributed by atoms with Crippen LogP contribution in [0.5, 0.6) is 0 Å². The highest BCUT2D eigenvalue weighted by Crippen LogP contribution is 2.37. The lowest BCUT2D eigenvalue weighted by Crippen LogP contribution is -2.10. The second kappa shape index (κ2) is 9.73. The van der Waals surface area contributed by atoms with Gasteiger partial charge in [0, 0.05) is 30.5 Å². The first-order valence-electron chi connectivity index (χ1n) is 12.3. The van der Waals surface area contributed by atoms with E-state index >= 15 is 0 Å². The van der Waals surface area contributed by atoms with Gasteiger partial charge in [-0.1, -0.05) is 81.7 Å². The second-order valence-corrected chi connectivity index (χ2v) is 14.4. The number of hydrogen-bond donors (Lipinski definition) is 0. The molecule has 2 heterocycles. The Hall–Kier alpha value is -1.83. The first-order chi connectivity index (χ1) is 17.3. The van der Waals surface area contributed by atoms with Crippen molar-refractivity contribution in [2.24, 2.45) is 0 Å². The van der Waals surface area contributed by atoms with E-state index in [1.165, 1.54) is 32.7 Å². The average Bonchev–Trinajstić information content (AvgIpc) is 3.37. The van der Waals surface area contributed by atoms with Gasteiger partial charge in [0.25, 0.3) is 0 Å². The van der Waals surface area contributed by atoms with Crippen LogP contribution in [0, 0.1) is 3.57 Å². The molecule has 0 aliphatic rings. The van der Waals surface area contributed by atoms with Gasteiger partial charge in [0.15, 0.2) is 0 Å². The summed E-state index contributed by atoms with van der Waals surface area (Å²) >= 11 is 9.35. The van der Waals surface area contributed by atoms with Crippen molar-refractivity contribution in [1.29, 1.82) is 0 Å². The van der Waals surface area contributed by atoms with Crippen LogP contribution in [0.1, 0.15) is 52.7 Å². The predicted octanol–water partition coefficient (Wildman–Crippen LogP) is 11.9. The van der Waals surface area contributed by atoms with Gasteiger partial charge in [-0.25, -0.2) is 0 Å². The Morgan fingerprint density at radius 2 is 1.03 bits per heavy atom. The van der Waals surface area contributed by atoms with Crippen LogP contribution in [0.25, 0.3) is 43.9 Å². The maximum Gasteiger partial charge on any atom is 0.149 e. The molecule has 37 heavy (non-hydrogen) atoms. The molecule has 0 aliphatic heterocycles. The molecule has 0 spiro atoms. The van der Waals surface area contributed by atoms with Crippen molar-refractivity contribution in [3.05, 3.63) is 90.4 Å². The van der Waals surface area contributed by atoms with Crippen LogP contribution in [0.3, 0.4) is 0 Å². The topological polar surface area (TPSA) is 26.3 Å². The second-order valence-electron chi connectivity index (χ2n) is 11.5. The lowest BCUT2D eigenvalue weighted by atomic mass is 9.87. The van der Waals surface area contributed by atoms with Gasteiger partial charge in [0.2, 0.25) is 0 Å². The van der Waals surface area contributed by atoms with Gasteiger partial charge in [-0.05, 0) is 103 Å². The first kappa shape index (κ1) is 26.8. The van der Waals surface area contributed by atoms with E-state index in [2.05, 4.69) is 157 Å². The van der Waals surface area contributed by atoms with Crippen LogP contribution >= 0.6 is 54.5 Å². The Morgan fingerprint density at radius 3 is 1.59 bits per heavy atom. The molecule has 6 rings (SSSR count). The van der Waals surface area contributed by atoms with E-state index in [1.807, 2.05) is 6.07 Å². The SMILES string of the molecule is CC(C)(C)c1ccc2c(c1)oc1c(I)c(Br)ccc12.CC(C)(C)c1ccc2c(c1)oc1cc(Br)ccc12.